The van der Waals surface area contributed by atoms with Crippen LogP contribution < -0.4 is 5.73 Å². The number of anilines is 1. The minimum Gasteiger partial charge on any atom is -0.397 e. The smallest absolute Gasteiger partial charge is 0.123 e. The fraction of sp³-hybridized carbons (Fsp3) is 0. The molecule has 15 heavy (non-hydrogen) atoms. The van der Waals surface area contributed by atoms with E-state index in [2.05, 4.69) is 12.6 Å². The van der Waals surface area contributed by atoms with Gasteiger partial charge in [-0.25, -0.2) is 4.39 Å². The Bertz CT molecular complexity index is 497. The molecular formula is C12H10FNS. The van der Waals surface area contributed by atoms with Gasteiger partial charge in [-0.3, -0.25) is 0 Å². The third kappa shape index (κ3) is 1.97. The molecular weight excluding hydrogens is 209 g/mol. The summed E-state index contributed by atoms with van der Waals surface area (Å²) in [6.45, 7) is 0. The maximum atomic E-state index is 13.0. The lowest BCUT2D eigenvalue weighted by molar-refractivity contribution is 0.628. The van der Waals surface area contributed by atoms with Crippen molar-refractivity contribution in [2.45, 2.75) is 4.90 Å². The first-order valence-corrected chi connectivity index (χ1v) is 4.96. The number of nitrogen functional groups attached to an aromatic ring is 1. The molecule has 2 aromatic carbocycles. The third-order valence-electron chi connectivity index (χ3n) is 2.22. The van der Waals surface area contributed by atoms with Crippen LogP contribution in [-0.2, 0) is 0 Å². The number of nitrogens with two attached hydrogens (primary N) is 1. The normalized spacial score (nSPS) is 10.3. The molecule has 0 saturated carbocycles. The van der Waals surface area contributed by atoms with Crippen molar-refractivity contribution in [2.75, 3.05) is 5.73 Å². The van der Waals surface area contributed by atoms with Crippen LogP contribution in [-0.4, -0.2) is 0 Å². The van der Waals surface area contributed by atoms with Gasteiger partial charge < -0.3 is 5.73 Å². The van der Waals surface area contributed by atoms with Crippen LogP contribution in [0.15, 0.2) is 47.4 Å². The summed E-state index contributed by atoms with van der Waals surface area (Å²) < 4.78 is 13.0. The van der Waals surface area contributed by atoms with E-state index in [1.165, 1.54) is 12.1 Å². The maximum absolute atomic E-state index is 13.0. The van der Waals surface area contributed by atoms with E-state index < -0.39 is 0 Å². The molecule has 0 aromatic heterocycles. The lowest BCUT2D eigenvalue weighted by Crippen LogP contribution is -1.91. The minimum atomic E-state index is -0.267. The standard InChI is InChI=1S/C12H10FNS/c13-9-4-1-3-8(7-9)10-5-2-6-11(15)12(10)14/h1-7,15H,14H2. The molecule has 0 spiro atoms. The van der Waals surface area contributed by atoms with E-state index in [0.717, 1.165) is 11.1 Å². The molecule has 0 amide bonds. The number of hydrogen-bond acceptors (Lipinski definition) is 2. The predicted octanol–water partition coefficient (Wildman–Crippen LogP) is 3.36. The van der Waals surface area contributed by atoms with E-state index in [0.29, 0.717) is 10.6 Å². The molecule has 2 rings (SSSR count). The van der Waals surface area contributed by atoms with E-state index in [4.69, 9.17) is 5.73 Å². The largest absolute Gasteiger partial charge is 0.397 e. The van der Waals surface area contributed by atoms with Gasteiger partial charge in [0.25, 0.3) is 0 Å². The zero-order valence-corrected chi connectivity index (χ0v) is 8.84. The molecule has 1 nitrogen and oxygen atoms in total. The van der Waals surface area contributed by atoms with Gasteiger partial charge in [0, 0.05) is 10.5 Å². The summed E-state index contributed by atoms with van der Waals surface area (Å²) in [6, 6.07) is 11.9. The summed E-state index contributed by atoms with van der Waals surface area (Å²) in [5.41, 5.74) is 8.02. The van der Waals surface area contributed by atoms with Crippen molar-refractivity contribution in [1.29, 1.82) is 0 Å². The molecule has 0 fully saturated rings. The van der Waals surface area contributed by atoms with Crippen molar-refractivity contribution >= 4 is 18.3 Å². The molecule has 0 aliphatic heterocycles. The predicted molar refractivity (Wildman–Crippen MR) is 63.5 cm³/mol. The van der Waals surface area contributed by atoms with Crippen LogP contribution in [0.4, 0.5) is 10.1 Å². The summed E-state index contributed by atoms with van der Waals surface area (Å²) in [6.07, 6.45) is 0. The van der Waals surface area contributed by atoms with Crippen molar-refractivity contribution < 1.29 is 4.39 Å². The van der Waals surface area contributed by atoms with Gasteiger partial charge in [0.15, 0.2) is 0 Å². The SMILES string of the molecule is Nc1c(S)cccc1-c1cccc(F)c1. The number of hydrogen-bond donors (Lipinski definition) is 2. The molecule has 76 valence electrons. The van der Waals surface area contributed by atoms with Crippen LogP contribution in [0.3, 0.4) is 0 Å². The molecule has 2 N–H and O–H groups in total. The van der Waals surface area contributed by atoms with Crippen molar-refractivity contribution in [1.82, 2.24) is 0 Å². The Balaban J connectivity index is 2.59. The van der Waals surface area contributed by atoms with Crippen LogP contribution in [0.2, 0.25) is 0 Å². The fourth-order valence-corrected chi connectivity index (χ4v) is 1.67. The first-order chi connectivity index (χ1) is 7.18. The first-order valence-electron chi connectivity index (χ1n) is 4.52. The molecule has 0 unspecified atom stereocenters. The summed E-state index contributed by atoms with van der Waals surface area (Å²) >= 11 is 4.22. The summed E-state index contributed by atoms with van der Waals surface area (Å²) in [5.74, 6) is -0.267. The molecule has 0 heterocycles. The van der Waals surface area contributed by atoms with Crippen LogP contribution in [0.5, 0.6) is 0 Å². The number of halogens is 1. The zero-order chi connectivity index (χ0) is 10.8. The number of para-hydroxylation sites is 1. The number of thiol groups is 1. The fourth-order valence-electron chi connectivity index (χ4n) is 1.46. The quantitative estimate of drug-likeness (QED) is 0.558. The van der Waals surface area contributed by atoms with Gasteiger partial charge in [-0.1, -0.05) is 24.3 Å². The Labute approximate surface area is 93.1 Å². The van der Waals surface area contributed by atoms with E-state index in [1.54, 1.807) is 12.1 Å². The number of benzene rings is 2. The van der Waals surface area contributed by atoms with Crippen molar-refractivity contribution in [3.63, 3.8) is 0 Å². The molecule has 0 atom stereocenters. The second kappa shape index (κ2) is 3.95. The first kappa shape index (κ1) is 10.1. The van der Waals surface area contributed by atoms with Crippen molar-refractivity contribution in [2.24, 2.45) is 0 Å². The van der Waals surface area contributed by atoms with Gasteiger partial charge in [-0.2, -0.15) is 0 Å². The highest BCUT2D eigenvalue weighted by molar-refractivity contribution is 7.80. The molecule has 0 aliphatic rings. The average Bonchev–Trinajstić information content (AvgIpc) is 2.22. The summed E-state index contributed by atoms with van der Waals surface area (Å²) in [7, 11) is 0. The van der Waals surface area contributed by atoms with Crippen LogP contribution in [0, 0.1) is 5.82 Å². The highest BCUT2D eigenvalue weighted by atomic mass is 32.1. The Hall–Kier alpha value is -1.48. The summed E-state index contributed by atoms with van der Waals surface area (Å²) in [4.78, 5) is 0.705. The van der Waals surface area contributed by atoms with Crippen molar-refractivity contribution in [3.05, 3.63) is 48.3 Å². The highest BCUT2D eigenvalue weighted by Crippen LogP contribution is 2.30. The third-order valence-corrected chi connectivity index (χ3v) is 2.61. The molecule has 0 bridgehead atoms. The second-order valence-corrected chi connectivity index (χ2v) is 3.73. The Kier molecular flexibility index (Phi) is 2.64. The molecule has 0 saturated heterocycles. The van der Waals surface area contributed by atoms with Gasteiger partial charge in [-0.15, -0.1) is 12.6 Å². The van der Waals surface area contributed by atoms with Gasteiger partial charge >= 0.3 is 0 Å². The lowest BCUT2D eigenvalue weighted by atomic mass is 10.0. The molecule has 2 aromatic rings. The van der Waals surface area contributed by atoms with E-state index >= 15 is 0 Å². The van der Waals surface area contributed by atoms with Crippen LogP contribution in [0.25, 0.3) is 11.1 Å². The average molecular weight is 219 g/mol. The van der Waals surface area contributed by atoms with Gasteiger partial charge in [-0.05, 0) is 23.8 Å². The highest BCUT2D eigenvalue weighted by Gasteiger charge is 2.05. The molecule has 3 heteroatoms. The minimum absolute atomic E-state index is 0.267. The van der Waals surface area contributed by atoms with Crippen LogP contribution >= 0.6 is 12.6 Å². The van der Waals surface area contributed by atoms with E-state index in [9.17, 15) is 4.39 Å². The van der Waals surface area contributed by atoms with E-state index in [-0.39, 0.29) is 5.82 Å². The van der Waals surface area contributed by atoms with Gasteiger partial charge in [0.1, 0.15) is 5.82 Å². The molecule has 0 aliphatic carbocycles. The Morgan fingerprint density at radius 3 is 2.53 bits per heavy atom. The Morgan fingerprint density at radius 1 is 1.07 bits per heavy atom. The number of rotatable bonds is 1. The topological polar surface area (TPSA) is 26.0 Å². The molecule has 0 radical (unpaired) electrons. The second-order valence-electron chi connectivity index (χ2n) is 3.25. The van der Waals surface area contributed by atoms with E-state index in [1.807, 2.05) is 18.2 Å². The monoisotopic (exact) mass is 219 g/mol. The lowest BCUT2D eigenvalue weighted by Gasteiger charge is -2.07. The van der Waals surface area contributed by atoms with Gasteiger partial charge in [0.2, 0.25) is 0 Å². The Morgan fingerprint density at radius 2 is 1.80 bits per heavy atom. The summed E-state index contributed by atoms with van der Waals surface area (Å²) in [5, 5.41) is 0. The van der Waals surface area contributed by atoms with Gasteiger partial charge in [0.05, 0.1) is 5.69 Å². The van der Waals surface area contributed by atoms with Crippen LogP contribution in [0.1, 0.15) is 0 Å². The maximum Gasteiger partial charge on any atom is 0.123 e. The zero-order valence-electron chi connectivity index (χ0n) is 7.94. The van der Waals surface area contributed by atoms with Crippen molar-refractivity contribution in [3.8, 4) is 11.1 Å².